The third kappa shape index (κ3) is 3.98. The maximum atomic E-state index is 11.9. The highest BCUT2D eigenvalue weighted by Gasteiger charge is 2.08. The molecule has 0 aliphatic heterocycles. The molecular formula is C16H14ClN3O. The van der Waals surface area contributed by atoms with Crippen molar-refractivity contribution in [3.05, 3.63) is 58.6 Å². The summed E-state index contributed by atoms with van der Waals surface area (Å²) in [5, 5.41) is 11.8. The predicted molar refractivity (Wildman–Crippen MR) is 84.0 cm³/mol. The van der Waals surface area contributed by atoms with E-state index in [0.29, 0.717) is 34.8 Å². The summed E-state index contributed by atoms with van der Waals surface area (Å²) in [4.78, 5) is 11.9. The average molecular weight is 300 g/mol. The van der Waals surface area contributed by atoms with Crippen molar-refractivity contribution in [2.24, 2.45) is 0 Å². The van der Waals surface area contributed by atoms with Crippen LogP contribution in [0, 0.1) is 11.3 Å². The summed E-state index contributed by atoms with van der Waals surface area (Å²) in [6.07, 6.45) is 0.872. The van der Waals surface area contributed by atoms with Crippen molar-refractivity contribution in [1.82, 2.24) is 0 Å². The predicted octanol–water partition coefficient (Wildman–Crippen LogP) is 3.37. The number of carbonyl (C=O) groups is 1. The highest BCUT2D eigenvalue weighted by Crippen LogP contribution is 2.23. The van der Waals surface area contributed by atoms with Gasteiger partial charge in [-0.2, -0.15) is 5.26 Å². The molecule has 1 amide bonds. The molecule has 0 aromatic heterocycles. The molecule has 0 bridgehead atoms. The zero-order valence-electron chi connectivity index (χ0n) is 11.3. The quantitative estimate of drug-likeness (QED) is 0.850. The Morgan fingerprint density at radius 1 is 1.29 bits per heavy atom. The van der Waals surface area contributed by atoms with Crippen molar-refractivity contribution >= 4 is 28.9 Å². The van der Waals surface area contributed by atoms with Crippen LogP contribution in [0.4, 0.5) is 11.4 Å². The van der Waals surface area contributed by atoms with E-state index >= 15 is 0 Å². The zero-order valence-corrected chi connectivity index (χ0v) is 12.0. The summed E-state index contributed by atoms with van der Waals surface area (Å²) in [6, 6.07) is 14.2. The number of carbonyl (C=O) groups excluding carboxylic acids is 1. The molecule has 0 saturated carbocycles. The number of aryl methyl sites for hydroxylation is 1. The number of nitrogen functional groups attached to an aromatic ring is 1. The van der Waals surface area contributed by atoms with Crippen LogP contribution in [0.3, 0.4) is 0 Å². The minimum absolute atomic E-state index is 0.148. The van der Waals surface area contributed by atoms with Crippen LogP contribution in [-0.2, 0) is 11.2 Å². The summed E-state index contributed by atoms with van der Waals surface area (Å²) >= 11 is 6.01. The molecule has 21 heavy (non-hydrogen) atoms. The first kappa shape index (κ1) is 14.9. The minimum atomic E-state index is -0.148. The van der Waals surface area contributed by atoms with E-state index < -0.39 is 0 Å². The number of nitrogens with one attached hydrogen (secondary N) is 1. The fraction of sp³-hybridized carbons (Fsp3) is 0.125. The van der Waals surface area contributed by atoms with Gasteiger partial charge in [0.2, 0.25) is 5.91 Å². The van der Waals surface area contributed by atoms with E-state index in [1.807, 2.05) is 30.3 Å². The number of halogens is 1. The van der Waals surface area contributed by atoms with E-state index in [2.05, 4.69) is 5.32 Å². The first-order chi connectivity index (χ1) is 10.1. The van der Waals surface area contributed by atoms with Crippen molar-refractivity contribution in [2.75, 3.05) is 11.1 Å². The normalized spacial score (nSPS) is 9.90. The molecule has 2 rings (SSSR count). The largest absolute Gasteiger partial charge is 0.399 e. The molecule has 0 radical (unpaired) electrons. The number of hydrogen-bond acceptors (Lipinski definition) is 3. The number of amides is 1. The van der Waals surface area contributed by atoms with Crippen LogP contribution in [0.1, 0.15) is 17.5 Å². The van der Waals surface area contributed by atoms with Gasteiger partial charge in [-0.15, -0.1) is 0 Å². The van der Waals surface area contributed by atoms with Crippen molar-refractivity contribution < 1.29 is 4.79 Å². The van der Waals surface area contributed by atoms with Crippen LogP contribution in [0.15, 0.2) is 42.5 Å². The Hall–Kier alpha value is -2.51. The fourth-order valence-electron chi connectivity index (χ4n) is 1.91. The van der Waals surface area contributed by atoms with E-state index in [9.17, 15) is 4.79 Å². The first-order valence-electron chi connectivity index (χ1n) is 6.43. The summed E-state index contributed by atoms with van der Waals surface area (Å²) in [6.45, 7) is 0. The smallest absolute Gasteiger partial charge is 0.224 e. The number of anilines is 2. The third-order valence-corrected chi connectivity index (χ3v) is 3.36. The van der Waals surface area contributed by atoms with Crippen molar-refractivity contribution in [3.8, 4) is 6.07 Å². The lowest BCUT2D eigenvalue weighted by atomic mass is 10.1. The van der Waals surface area contributed by atoms with Crippen LogP contribution >= 0.6 is 11.6 Å². The Balaban J connectivity index is 1.96. The number of nitrogens with zero attached hydrogens (tertiary/aromatic N) is 1. The zero-order chi connectivity index (χ0) is 15.2. The fourth-order valence-corrected chi connectivity index (χ4v) is 2.14. The molecule has 5 heteroatoms. The van der Waals surface area contributed by atoms with Gasteiger partial charge in [0.1, 0.15) is 0 Å². The second-order valence-electron chi connectivity index (χ2n) is 4.55. The number of rotatable bonds is 4. The van der Waals surface area contributed by atoms with Gasteiger partial charge in [-0.3, -0.25) is 4.79 Å². The number of hydrogen-bond donors (Lipinski definition) is 2. The number of benzene rings is 2. The molecule has 3 N–H and O–H groups in total. The lowest BCUT2D eigenvalue weighted by Crippen LogP contribution is -2.13. The highest BCUT2D eigenvalue weighted by atomic mass is 35.5. The molecule has 0 fully saturated rings. The van der Waals surface area contributed by atoms with Gasteiger partial charge >= 0.3 is 0 Å². The molecule has 0 saturated heterocycles. The Labute approximate surface area is 128 Å². The van der Waals surface area contributed by atoms with Gasteiger partial charge < -0.3 is 11.1 Å². The second-order valence-corrected chi connectivity index (χ2v) is 4.96. The average Bonchev–Trinajstić information content (AvgIpc) is 2.48. The van der Waals surface area contributed by atoms with Gasteiger partial charge in [-0.05, 0) is 36.2 Å². The monoisotopic (exact) mass is 299 g/mol. The number of nitriles is 1. The van der Waals surface area contributed by atoms with Gasteiger partial charge in [0, 0.05) is 12.1 Å². The third-order valence-electron chi connectivity index (χ3n) is 3.05. The van der Waals surface area contributed by atoms with Crippen LogP contribution in [0.5, 0.6) is 0 Å². The standard InChI is InChI=1S/C16H14ClN3O/c17-13-9-11(10-18)5-7-15(13)20-16(21)8-6-12-3-1-2-4-14(12)19/h1-5,7,9H,6,8,19H2,(H,20,21). The maximum Gasteiger partial charge on any atom is 0.224 e. The number of para-hydroxylation sites is 1. The van der Waals surface area contributed by atoms with Crippen LogP contribution in [-0.4, -0.2) is 5.91 Å². The Bertz CT molecular complexity index is 707. The first-order valence-corrected chi connectivity index (χ1v) is 6.81. The van der Waals surface area contributed by atoms with E-state index in [1.165, 1.54) is 6.07 Å². The summed E-state index contributed by atoms with van der Waals surface area (Å²) in [7, 11) is 0. The van der Waals surface area contributed by atoms with Gasteiger partial charge in [0.25, 0.3) is 0 Å². The molecule has 0 spiro atoms. The highest BCUT2D eigenvalue weighted by molar-refractivity contribution is 6.33. The Morgan fingerprint density at radius 3 is 2.71 bits per heavy atom. The maximum absolute atomic E-state index is 11.9. The van der Waals surface area contributed by atoms with Crippen molar-refractivity contribution in [3.63, 3.8) is 0 Å². The SMILES string of the molecule is N#Cc1ccc(NC(=O)CCc2ccccc2N)c(Cl)c1. The van der Waals surface area contributed by atoms with Crippen LogP contribution in [0.25, 0.3) is 0 Å². The molecule has 4 nitrogen and oxygen atoms in total. The molecule has 0 unspecified atom stereocenters. The Morgan fingerprint density at radius 2 is 2.05 bits per heavy atom. The lowest BCUT2D eigenvalue weighted by Gasteiger charge is -2.08. The summed E-state index contributed by atoms with van der Waals surface area (Å²) < 4.78 is 0. The summed E-state index contributed by atoms with van der Waals surface area (Å²) in [5.74, 6) is -0.148. The van der Waals surface area contributed by atoms with Gasteiger partial charge in [0.05, 0.1) is 22.3 Å². The second kappa shape index (κ2) is 6.78. The molecule has 2 aromatic carbocycles. The molecular weight excluding hydrogens is 286 g/mol. The van der Waals surface area contributed by atoms with E-state index in [0.717, 1.165) is 5.56 Å². The van der Waals surface area contributed by atoms with Crippen LogP contribution in [0.2, 0.25) is 5.02 Å². The summed E-state index contributed by atoms with van der Waals surface area (Å²) in [5.41, 5.74) is 8.41. The molecule has 2 aromatic rings. The minimum Gasteiger partial charge on any atom is -0.399 e. The van der Waals surface area contributed by atoms with Gasteiger partial charge in [-0.25, -0.2) is 0 Å². The van der Waals surface area contributed by atoms with Gasteiger partial charge in [0.15, 0.2) is 0 Å². The molecule has 0 aliphatic rings. The molecule has 106 valence electrons. The van der Waals surface area contributed by atoms with Crippen molar-refractivity contribution in [1.29, 1.82) is 5.26 Å². The number of nitrogens with two attached hydrogens (primary N) is 1. The van der Waals surface area contributed by atoms with E-state index in [1.54, 1.807) is 12.1 Å². The topological polar surface area (TPSA) is 78.9 Å². The Kier molecular flexibility index (Phi) is 4.81. The van der Waals surface area contributed by atoms with Crippen LogP contribution < -0.4 is 11.1 Å². The molecule has 0 atom stereocenters. The van der Waals surface area contributed by atoms with Gasteiger partial charge in [-0.1, -0.05) is 29.8 Å². The molecule has 0 heterocycles. The van der Waals surface area contributed by atoms with Crippen molar-refractivity contribution in [2.45, 2.75) is 12.8 Å². The molecule has 0 aliphatic carbocycles. The van der Waals surface area contributed by atoms with E-state index in [4.69, 9.17) is 22.6 Å². The van der Waals surface area contributed by atoms with E-state index in [-0.39, 0.29) is 5.91 Å². The lowest BCUT2D eigenvalue weighted by molar-refractivity contribution is -0.116.